The average molecular weight is 384 g/mol. The summed E-state index contributed by atoms with van der Waals surface area (Å²) in [5.41, 5.74) is 2.28. The highest BCUT2D eigenvalue weighted by molar-refractivity contribution is 9.10. The summed E-state index contributed by atoms with van der Waals surface area (Å²) in [4.78, 5) is 5.14. The third-order valence-corrected chi connectivity index (χ3v) is 4.42. The number of nitrogens with zero attached hydrogens (tertiary/aromatic N) is 3. The van der Waals surface area contributed by atoms with Gasteiger partial charge in [0, 0.05) is 23.0 Å². The molecule has 0 spiro atoms. The van der Waals surface area contributed by atoms with Crippen LogP contribution in [0.3, 0.4) is 0 Å². The van der Waals surface area contributed by atoms with Crippen molar-refractivity contribution in [2.24, 2.45) is 0 Å². The van der Waals surface area contributed by atoms with E-state index in [0.717, 1.165) is 28.1 Å². The molecule has 0 aliphatic heterocycles. The molecule has 2 aromatic heterocycles. The van der Waals surface area contributed by atoms with Gasteiger partial charge in [-0.05, 0) is 33.6 Å². The van der Waals surface area contributed by atoms with Gasteiger partial charge in [0.05, 0.1) is 23.8 Å². The quantitative estimate of drug-likeness (QED) is 0.709. The number of thiazole rings is 1. The Bertz CT molecular complexity index is 723. The number of aromatic nitrogens is 3. The summed E-state index contributed by atoms with van der Waals surface area (Å²) in [5, 5.41) is 7.60. The molecule has 0 saturated carbocycles. The van der Waals surface area contributed by atoms with Gasteiger partial charge in [0.25, 0.3) is 0 Å². The zero-order chi connectivity index (χ0) is 14.7. The second kappa shape index (κ2) is 6.60. The van der Waals surface area contributed by atoms with Gasteiger partial charge >= 0.3 is 0 Å². The number of benzene rings is 1. The van der Waals surface area contributed by atoms with Crippen LogP contribution in [0.2, 0.25) is 4.47 Å². The van der Waals surface area contributed by atoms with Crippen LogP contribution >= 0.6 is 38.9 Å². The Hall–Kier alpha value is -1.37. The molecule has 0 amide bonds. The van der Waals surface area contributed by atoms with Crippen molar-refractivity contribution < 1.29 is 0 Å². The molecule has 3 aromatic rings. The molecule has 4 nitrogen and oxygen atoms in total. The van der Waals surface area contributed by atoms with Crippen LogP contribution in [0, 0.1) is 0 Å². The largest absolute Gasteiger partial charge is 0.380 e. The monoisotopic (exact) mass is 382 g/mol. The van der Waals surface area contributed by atoms with Gasteiger partial charge in [0.2, 0.25) is 0 Å². The van der Waals surface area contributed by atoms with Crippen LogP contribution in [0.15, 0.2) is 47.3 Å². The number of hydrogen-bond acceptors (Lipinski definition) is 4. The Labute approximate surface area is 139 Å². The van der Waals surface area contributed by atoms with E-state index in [1.807, 2.05) is 10.9 Å². The molecular weight excluding hydrogens is 372 g/mol. The van der Waals surface area contributed by atoms with E-state index in [1.165, 1.54) is 16.9 Å². The van der Waals surface area contributed by atoms with Crippen LogP contribution < -0.4 is 5.32 Å². The number of halogens is 2. The first kappa shape index (κ1) is 14.6. The van der Waals surface area contributed by atoms with E-state index in [2.05, 4.69) is 55.6 Å². The van der Waals surface area contributed by atoms with Crippen LogP contribution in [-0.2, 0) is 13.1 Å². The van der Waals surface area contributed by atoms with Crippen molar-refractivity contribution in [1.82, 2.24) is 14.8 Å². The van der Waals surface area contributed by atoms with Crippen molar-refractivity contribution in [2.75, 3.05) is 5.32 Å². The summed E-state index contributed by atoms with van der Waals surface area (Å²) in [6.07, 6.45) is 5.54. The van der Waals surface area contributed by atoms with Gasteiger partial charge in [-0.1, -0.05) is 23.7 Å². The number of rotatable bonds is 5. The van der Waals surface area contributed by atoms with E-state index in [9.17, 15) is 0 Å². The van der Waals surface area contributed by atoms with E-state index in [1.54, 1.807) is 12.4 Å². The summed E-state index contributed by atoms with van der Waals surface area (Å²) in [5.74, 6) is 0. The minimum Gasteiger partial charge on any atom is -0.380 e. The smallest absolute Gasteiger partial charge is 0.183 e. The molecule has 21 heavy (non-hydrogen) atoms. The van der Waals surface area contributed by atoms with Gasteiger partial charge in [0.15, 0.2) is 4.47 Å². The summed E-state index contributed by atoms with van der Waals surface area (Å²) in [6, 6.07) is 8.32. The highest BCUT2D eigenvalue weighted by Crippen LogP contribution is 2.19. The van der Waals surface area contributed by atoms with Crippen molar-refractivity contribution >= 4 is 44.6 Å². The normalized spacial score (nSPS) is 10.8. The molecular formula is C14H12BrClN4S. The molecule has 0 unspecified atom stereocenters. The molecule has 0 atom stereocenters. The Kier molecular flexibility index (Phi) is 4.57. The van der Waals surface area contributed by atoms with Crippen LogP contribution in [-0.4, -0.2) is 14.8 Å². The van der Waals surface area contributed by atoms with Crippen molar-refractivity contribution in [3.05, 3.63) is 62.2 Å². The van der Waals surface area contributed by atoms with Gasteiger partial charge < -0.3 is 5.32 Å². The Morgan fingerprint density at radius 3 is 2.67 bits per heavy atom. The van der Waals surface area contributed by atoms with Gasteiger partial charge in [-0.25, -0.2) is 4.98 Å². The maximum absolute atomic E-state index is 5.81. The van der Waals surface area contributed by atoms with E-state index >= 15 is 0 Å². The second-order valence-corrected chi connectivity index (χ2v) is 7.10. The summed E-state index contributed by atoms with van der Waals surface area (Å²) in [6.45, 7) is 1.49. The van der Waals surface area contributed by atoms with Gasteiger partial charge in [-0.3, -0.25) is 4.68 Å². The zero-order valence-electron chi connectivity index (χ0n) is 11.0. The predicted molar refractivity (Wildman–Crippen MR) is 89.9 cm³/mol. The summed E-state index contributed by atoms with van der Waals surface area (Å²) < 4.78 is 3.46. The second-order valence-electron chi connectivity index (χ2n) is 4.49. The third-order valence-electron chi connectivity index (χ3n) is 2.89. The molecule has 108 valence electrons. The molecule has 0 radical (unpaired) electrons. The molecule has 0 fully saturated rings. The number of hydrogen-bond donors (Lipinski definition) is 1. The first-order chi connectivity index (χ1) is 10.2. The van der Waals surface area contributed by atoms with E-state index in [-0.39, 0.29) is 0 Å². The minimum atomic E-state index is 0.576. The number of anilines is 1. The Morgan fingerprint density at radius 2 is 2.05 bits per heavy atom. The lowest BCUT2D eigenvalue weighted by molar-refractivity contribution is 0.686. The van der Waals surface area contributed by atoms with Crippen LogP contribution in [0.1, 0.15) is 10.4 Å². The maximum atomic E-state index is 5.81. The highest BCUT2D eigenvalue weighted by Gasteiger charge is 2.01. The predicted octanol–water partition coefficient (Wildman–Crippen LogP) is 4.42. The summed E-state index contributed by atoms with van der Waals surface area (Å²) in [7, 11) is 0. The lowest BCUT2D eigenvalue weighted by Crippen LogP contribution is -2.01. The molecule has 1 aromatic carbocycles. The lowest BCUT2D eigenvalue weighted by atomic mass is 10.2. The Balaban J connectivity index is 1.58. The molecule has 2 heterocycles. The van der Waals surface area contributed by atoms with Crippen LogP contribution in [0.25, 0.3) is 0 Å². The fourth-order valence-corrected chi connectivity index (χ4v) is 3.14. The summed E-state index contributed by atoms with van der Waals surface area (Å²) >= 11 is 10.7. The van der Waals surface area contributed by atoms with E-state index in [4.69, 9.17) is 11.6 Å². The van der Waals surface area contributed by atoms with Gasteiger partial charge in [-0.2, -0.15) is 5.10 Å². The average Bonchev–Trinajstić information content (AvgIpc) is 3.07. The zero-order valence-corrected chi connectivity index (χ0v) is 14.1. The molecule has 0 aliphatic carbocycles. The fraction of sp³-hybridized carbons (Fsp3) is 0.143. The van der Waals surface area contributed by atoms with Crippen LogP contribution in [0.4, 0.5) is 5.69 Å². The van der Waals surface area contributed by atoms with Crippen molar-refractivity contribution in [2.45, 2.75) is 13.1 Å². The number of nitrogens with one attached hydrogen (secondary N) is 1. The third kappa shape index (κ3) is 4.06. The first-order valence-electron chi connectivity index (χ1n) is 6.30. The van der Waals surface area contributed by atoms with Gasteiger partial charge in [-0.15, -0.1) is 11.3 Å². The van der Waals surface area contributed by atoms with Gasteiger partial charge in [0.1, 0.15) is 0 Å². The van der Waals surface area contributed by atoms with Crippen LogP contribution in [0.5, 0.6) is 0 Å². The molecule has 1 N–H and O–H groups in total. The SMILES string of the molecule is Clc1ncc(CNc2ccc(Cn3cc(Br)cn3)cc2)s1. The topological polar surface area (TPSA) is 42.7 Å². The maximum Gasteiger partial charge on any atom is 0.183 e. The molecule has 0 bridgehead atoms. The molecule has 7 heteroatoms. The molecule has 0 saturated heterocycles. The fourth-order valence-electron chi connectivity index (χ4n) is 1.89. The van der Waals surface area contributed by atoms with E-state index in [0.29, 0.717) is 4.47 Å². The minimum absolute atomic E-state index is 0.576. The van der Waals surface area contributed by atoms with Crippen molar-refractivity contribution in [3.8, 4) is 0 Å². The molecule has 0 aliphatic rings. The van der Waals surface area contributed by atoms with Crippen molar-refractivity contribution in [3.63, 3.8) is 0 Å². The molecule has 3 rings (SSSR count). The lowest BCUT2D eigenvalue weighted by Gasteiger charge is -2.06. The van der Waals surface area contributed by atoms with Crippen molar-refractivity contribution in [1.29, 1.82) is 0 Å². The standard InChI is InChI=1S/C14H12BrClN4S/c15-11-5-19-20(9-11)8-10-1-3-12(4-2-10)17-6-13-7-18-14(16)21-13/h1-5,7,9,17H,6,8H2. The van der Waals surface area contributed by atoms with E-state index < -0.39 is 0 Å². The highest BCUT2D eigenvalue weighted by atomic mass is 79.9. The first-order valence-corrected chi connectivity index (χ1v) is 8.29. The Morgan fingerprint density at radius 1 is 1.24 bits per heavy atom.